The van der Waals surface area contributed by atoms with Crippen LogP contribution in [-0.2, 0) is 17.8 Å². The molecule has 2 aliphatic heterocycles. The van der Waals surface area contributed by atoms with Gasteiger partial charge in [0.25, 0.3) is 5.91 Å². The summed E-state index contributed by atoms with van der Waals surface area (Å²) < 4.78 is 11.2. The summed E-state index contributed by atoms with van der Waals surface area (Å²) in [4.78, 5) is 32.7. The summed E-state index contributed by atoms with van der Waals surface area (Å²) in [6.45, 7) is 1.94. The fourth-order valence-electron chi connectivity index (χ4n) is 4.01. The number of hydrogen-bond acceptors (Lipinski definition) is 5. The summed E-state index contributed by atoms with van der Waals surface area (Å²) in [5.74, 6) is 0.866. The van der Waals surface area contributed by atoms with E-state index in [1.165, 1.54) is 0 Å². The van der Waals surface area contributed by atoms with Gasteiger partial charge in [0.05, 0.1) is 26.5 Å². The van der Waals surface area contributed by atoms with Crippen LogP contribution in [0.15, 0.2) is 35.3 Å². The molecule has 1 saturated heterocycles. The minimum Gasteiger partial charge on any atom is -0.496 e. The second-order valence-electron chi connectivity index (χ2n) is 7.67. The number of nitrogens with zero attached hydrogens (tertiary/aromatic N) is 3. The maximum atomic E-state index is 13.0. The third-order valence-electron chi connectivity index (χ3n) is 5.68. The second kappa shape index (κ2) is 9.38. The summed E-state index contributed by atoms with van der Waals surface area (Å²) in [6.07, 6.45) is 2.41. The van der Waals surface area contributed by atoms with Crippen molar-refractivity contribution in [1.82, 2.24) is 4.90 Å². The van der Waals surface area contributed by atoms with E-state index in [1.807, 2.05) is 12.1 Å². The Kier molecular flexibility index (Phi) is 6.58. The highest BCUT2D eigenvalue weighted by molar-refractivity contribution is 6.46. The summed E-state index contributed by atoms with van der Waals surface area (Å²) in [7, 11) is 3.20. The number of amides is 3. The molecule has 2 aliphatic rings. The lowest BCUT2D eigenvalue weighted by Crippen LogP contribution is -2.33. The van der Waals surface area contributed by atoms with Gasteiger partial charge in [-0.3, -0.25) is 9.69 Å². The molecule has 2 aromatic carbocycles. The van der Waals surface area contributed by atoms with Crippen LogP contribution in [0.4, 0.5) is 10.5 Å². The third-order valence-corrected chi connectivity index (χ3v) is 6.27. The van der Waals surface area contributed by atoms with Crippen molar-refractivity contribution in [2.45, 2.75) is 25.8 Å². The van der Waals surface area contributed by atoms with Gasteiger partial charge in [0, 0.05) is 41.2 Å². The molecule has 0 bridgehead atoms. The molecule has 0 atom stereocenters. The van der Waals surface area contributed by atoms with Gasteiger partial charge in [0.1, 0.15) is 17.2 Å². The monoisotopic (exact) mass is 475 g/mol. The normalized spacial score (nSPS) is 16.1. The average molecular weight is 476 g/mol. The van der Waals surface area contributed by atoms with E-state index in [2.05, 4.69) is 9.89 Å². The van der Waals surface area contributed by atoms with E-state index in [0.29, 0.717) is 27.1 Å². The lowest BCUT2D eigenvalue weighted by Gasteiger charge is -2.22. The zero-order valence-electron chi connectivity index (χ0n) is 17.9. The predicted octanol–water partition coefficient (Wildman–Crippen LogP) is 4.76. The van der Waals surface area contributed by atoms with Gasteiger partial charge < -0.3 is 14.4 Å². The number of benzene rings is 2. The minimum atomic E-state index is -0.615. The van der Waals surface area contributed by atoms with E-state index in [-0.39, 0.29) is 18.7 Å². The first-order valence-electron chi connectivity index (χ1n) is 10.3. The van der Waals surface area contributed by atoms with Crippen molar-refractivity contribution in [3.05, 3.63) is 51.5 Å². The van der Waals surface area contributed by atoms with Crippen LogP contribution in [0.1, 0.15) is 24.0 Å². The molecular weight excluding hydrogens is 453 g/mol. The highest BCUT2D eigenvalue weighted by Gasteiger charge is 2.34. The minimum absolute atomic E-state index is 0.0228. The Morgan fingerprint density at radius 2 is 1.69 bits per heavy atom. The number of imide groups is 1. The Labute approximate surface area is 196 Å². The van der Waals surface area contributed by atoms with Gasteiger partial charge in [-0.1, -0.05) is 29.3 Å². The Morgan fingerprint density at radius 3 is 2.34 bits per heavy atom. The number of rotatable bonds is 7. The lowest BCUT2D eigenvalue weighted by molar-refractivity contribution is -0.121. The average Bonchev–Trinajstić information content (AvgIpc) is 3.39. The van der Waals surface area contributed by atoms with E-state index < -0.39 is 11.9 Å². The molecule has 2 heterocycles. The SMILES string of the molecule is COc1cc(N2CCCC2)c(OC)cc1CC1=NC(=O)N(Cc2ccc(Cl)cc2Cl)C1=O. The number of hydrogen-bond donors (Lipinski definition) is 0. The zero-order chi connectivity index (χ0) is 22.8. The van der Waals surface area contributed by atoms with Gasteiger partial charge >= 0.3 is 6.03 Å². The number of carbonyl (C=O) groups excluding carboxylic acids is 2. The molecule has 0 saturated carbocycles. The zero-order valence-corrected chi connectivity index (χ0v) is 19.4. The smallest absolute Gasteiger partial charge is 0.351 e. The number of carbonyl (C=O) groups is 2. The number of urea groups is 1. The number of anilines is 1. The van der Waals surface area contributed by atoms with Gasteiger partial charge in [0.15, 0.2) is 0 Å². The molecule has 0 N–H and O–H groups in total. The molecule has 168 valence electrons. The first-order valence-corrected chi connectivity index (χ1v) is 11.0. The molecule has 7 nitrogen and oxygen atoms in total. The number of methoxy groups -OCH3 is 2. The van der Waals surface area contributed by atoms with Gasteiger partial charge in [0.2, 0.25) is 0 Å². The molecule has 0 spiro atoms. The molecule has 1 fully saturated rings. The molecule has 0 radical (unpaired) electrons. The highest BCUT2D eigenvalue weighted by Crippen LogP contribution is 2.37. The van der Waals surface area contributed by atoms with Crippen molar-refractivity contribution in [3.8, 4) is 11.5 Å². The maximum Gasteiger partial charge on any atom is 0.351 e. The van der Waals surface area contributed by atoms with Crippen LogP contribution < -0.4 is 14.4 Å². The predicted molar refractivity (Wildman–Crippen MR) is 125 cm³/mol. The van der Waals surface area contributed by atoms with Crippen LogP contribution in [0.25, 0.3) is 0 Å². The van der Waals surface area contributed by atoms with Gasteiger partial charge in [-0.2, -0.15) is 4.99 Å². The van der Waals surface area contributed by atoms with E-state index in [1.54, 1.807) is 32.4 Å². The van der Waals surface area contributed by atoms with Crippen LogP contribution in [0.3, 0.4) is 0 Å². The maximum absolute atomic E-state index is 13.0. The van der Waals surface area contributed by atoms with E-state index in [4.69, 9.17) is 32.7 Å². The van der Waals surface area contributed by atoms with Crippen LogP contribution in [0.2, 0.25) is 10.0 Å². The molecule has 0 aliphatic carbocycles. The molecular formula is C23H23Cl2N3O4. The Balaban J connectivity index is 1.56. The quantitative estimate of drug-likeness (QED) is 0.577. The standard InChI is InChI=1S/C23H23Cl2N3O4/c1-31-20-12-19(27-7-3-4-8-27)21(32-2)10-15(20)9-18-22(29)28(23(30)26-18)13-14-5-6-16(24)11-17(14)25/h5-6,10-12H,3-4,7-9,13H2,1-2H3. The van der Waals surface area contributed by atoms with Crippen LogP contribution in [-0.4, -0.2) is 49.9 Å². The van der Waals surface area contributed by atoms with E-state index >= 15 is 0 Å². The summed E-state index contributed by atoms with van der Waals surface area (Å²) in [5, 5.41) is 0.864. The molecule has 2 aromatic rings. The number of ether oxygens (including phenoxy) is 2. The molecule has 3 amide bonds. The Bertz CT molecular complexity index is 1100. The summed E-state index contributed by atoms with van der Waals surface area (Å²) in [5.41, 5.74) is 2.44. The summed E-state index contributed by atoms with van der Waals surface area (Å²) >= 11 is 12.1. The fourth-order valence-corrected chi connectivity index (χ4v) is 4.48. The van der Waals surface area contributed by atoms with E-state index in [0.717, 1.165) is 42.1 Å². The first kappa shape index (κ1) is 22.4. The Hall–Kier alpha value is -2.77. The number of aliphatic imine (C=N–C) groups is 1. The van der Waals surface area contributed by atoms with Gasteiger partial charge in [-0.25, -0.2) is 4.79 Å². The number of halogens is 2. The van der Waals surface area contributed by atoms with Gasteiger partial charge in [-0.15, -0.1) is 0 Å². The van der Waals surface area contributed by atoms with E-state index in [9.17, 15) is 9.59 Å². The highest BCUT2D eigenvalue weighted by atomic mass is 35.5. The van der Waals surface area contributed by atoms with Crippen molar-refractivity contribution < 1.29 is 19.1 Å². The van der Waals surface area contributed by atoms with Gasteiger partial charge in [-0.05, 0) is 36.6 Å². The van der Waals surface area contributed by atoms with Crippen LogP contribution in [0, 0.1) is 0 Å². The molecule has 9 heteroatoms. The topological polar surface area (TPSA) is 71.4 Å². The Morgan fingerprint density at radius 1 is 0.969 bits per heavy atom. The van der Waals surface area contributed by atoms with Crippen LogP contribution in [0.5, 0.6) is 11.5 Å². The molecule has 32 heavy (non-hydrogen) atoms. The lowest BCUT2D eigenvalue weighted by atomic mass is 10.0. The molecule has 4 rings (SSSR count). The molecule has 0 unspecified atom stereocenters. The van der Waals surface area contributed by atoms with Crippen LogP contribution >= 0.6 is 23.2 Å². The van der Waals surface area contributed by atoms with Crippen molar-refractivity contribution >= 4 is 46.5 Å². The molecule has 0 aromatic heterocycles. The third kappa shape index (κ3) is 4.40. The van der Waals surface area contributed by atoms with Crippen molar-refractivity contribution in [2.24, 2.45) is 4.99 Å². The van der Waals surface area contributed by atoms with Crippen molar-refractivity contribution in [3.63, 3.8) is 0 Å². The van der Waals surface area contributed by atoms with Crippen molar-refractivity contribution in [2.75, 3.05) is 32.2 Å². The van der Waals surface area contributed by atoms with Crippen molar-refractivity contribution in [1.29, 1.82) is 0 Å². The summed E-state index contributed by atoms with van der Waals surface area (Å²) in [6, 6.07) is 8.08. The fraction of sp³-hybridized carbons (Fsp3) is 0.348. The largest absolute Gasteiger partial charge is 0.496 e. The first-order chi connectivity index (χ1) is 15.4. The second-order valence-corrected chi connectivity index (χ2v) is 8.52.